The maximum atomic E-state index is 12.9. The molecule has 3 aromatic rings. The summed E-state index contributed by atoms with van der Waals surface area (Å²) >= 11 is 0. The van der Waals surface area contributed by atoms with Crippen molar-refractivity contribution in [1.29, 1.82) is 0 Å². The maximum absolute atomic E-state index is 12.9. The molecule has 7 heteroatoms. The third kappa shape index (κ3) is 4.36. The summed E-state index contributed by atoms with van der Waals surface area (Å²) < 4.78 is 34.0. The van der Waals surface area contributed by atoms with Crippen molar-refractivity contribution < 1.29 is 13.2 Å². The minimum Gasteiger partial charge on any atom is -0.475 e. The van der Waals surface area contributed by atoms with Crippen molar-refractivity contribution in [2.45, 2.75) is 32.6 Å². The summed E-state index contributed by atoms with van der Waals surface area (Å²) in [5.41, 5.74) is 3.16. The summed E-state index contributed by atoms with van der Waals surface area (Å²) in [6.45, 7) is 8.24. The van der Waals surface area contributed by atoms with Crippen molar-refractivity contribution in [2.75, 3.05) is 11.3 Å². The third-order valence-electron chi connectivity index (χ3n) is 4.11. The highest BCUT2D eigenvalue weighted by atomic mass is 32.2. The molecular weight excluding hydrogens is 362 g/mol. The number of anilines is 1. The zero-order valence-corrected chi connectivity index (χ0v) is 16.7. The number of nitrogens with zero attached hydrogens (tertiary/aromatic N) is 2. The average molecular weight is 385 g/mol. The summed E-state index contributed by atoms with van der Waals surface area (Å²) in [6.07, 6.45) is 0. The van der Waals surface area contributed by atoms with Crippen molar-refractivity contribution in [2.24, 2.45) is 5.92 Å². The zero-order valence-electron chi connectivity index (χ0n) is 15.9. The summed E-state index contributed by atoms with van der Waals surface area (Å²) in [5, 5.41) is 0. The van der Waals surface area contributed by atoms with Crippen LogP contribution in [-0.2, 0) is 10.0 Å². The Bertz CT molecular complexity index is 1080. The zero-order chi connectivity index (χ0) is 19.6. The quantitative estimate of drug-likeness (QED) is 0.691. The molecule has 0 aliphatic heterocycles. The van der Waals surface area contributed by atoms with Crippen LogP contribution < -0.4 is 9.46 Å². The molecule has 1 heterocycles. The predicted octanol–water partition coefficient (Wildman–Crippen LogP) is 4.08. The van der Waals surface area contributed by atoms with Gasteiger partial charge in [-0.15, -0.1) is 0 Å². The molecule has 6 nitrogen and oxygen atoms in total. The number of rotatable bonds is 6. The molecule has 0 aliphatic carbocycles. The van der Waals surface area contributed by atoms with Crippen LogP contribution in [0.1, 0.15) is 25.0 Å². The molecule has 2 aromatic carbocycles. The summed E-state index contributed by atoms with van der Waals surface area (Å²) in [5.74, 6) is 0.532. The van der Waals surface area contributed by atoms with E-state index in [-0.39, 0.29) is 22.5 Å². The Morgan fingerprint density at radius 1 is 1.00 bits per heavy atom. The second-order valence-corrected chi connectivity index (χ2v) is 8.60. The van der Waals surface area contributed by atoms with Gasteiger partial charge in [0.1, 0.15) is 0 Å². The Hall–Kier alpha value is -2.67. The van der Waals surface area contributed by atoms with Crippen molar-refractivity contribution >= 4 is 26.9 Å². The van der Waals surface area contributed by atoms with Crippen molar-refractivity contribution in [3.05, 3.63) is 53.6 Å². The van der Waals surface area contributed by atoms with Crippen molar-refractivity contribution in [3.8, 4) is 5.88 Å². The number of sulfonamides is 1. The molecule has 1 aromatic heterocycles. The molecule has 0 saturated heterocycles. The van der Waals surface area contributed by atoms with Gasteiger partial charge < -0.3 is 4.74 Å². The second-order valence-electron chi connectivity index (χ2n) is 6.92. The number of ether oxygens (including phenoxy) is 1. The molecule has 0 aliphatic rings. The van der Waals surface area contributed by atoms with E-state index < -0.39 is 10.0 Å². The van der Waals surface area contributed by atoms with Gasteiger partial charge >= 0.3 is 0 Å². The van der Waals surface area contributed by atoms with Crippen molar-refractivity contribution in [3.63, 3.8) is 0 Å². The lowest BCUT2D eigenvalue weighted by molar-refractivity contribution is 0.263. The fourth-order valence-corrected chi connectivity index (χ4v) is 3.55. The Morgan fingerprint density at radius 3 is 2.30 bits per heavy atom. The molecule has 1 N–H and O–H groups in total. The number of fused-ring (bicyclic) bond motifs is 1. The molecule has 0 amide bonds. The summed E-state index contributed by atoms with van der Waals surface area (Å²) in [4.78, 5) is 9.05. The first kappa shape index (κ1) is 19.1. The molecule has 3 rings (SSSR count). The highest BCUT2D eigenvalue weighted by Crippen LogP contribution is 2.27. The van der Waals surface area contributed by atoms with Crippen LogP contribution in [0.4, 0.5) is 5.82 Å². The maximum Gasteiger partial charge on any atom is 0.263 e. The standard InChI is InChI=1S/C20H23N3O3S/c1-13(2)12-26-20-19(21-17-7-5-6-8-18(17)22-20)23-27(24,25)16-10-9-14(3)15(4)11-16/h5-11,13H,12H2,1-4H3,(H,21,23). The lowest BCUT2D eigenvalue weighted by atomic mass is 10.1. The number of aryl methyl sites for hydroxylation is 2. The highest BCUT2D eigenvalue weighted by Gasteiger charge is 2.20. The van der Waals surface area contributed by atoms with E-state index in [1.807, 2.05) is 45.9 Å². The van der Waals surface area contributed by atoms with Gasteiger partial charge in [0.15, 0.2) is 0 Å². The fourth-order valence-electron chi connectivity index (χ4n) is 2.46. The van der Waals surface area contributed by atoms with Gasteiger partial charge in [-0.2, -0.15) is 0 Å². The van der Waals surface area contributed by atoms with Gasteiger partial charge in [-0.05, 0) is 55.2 Å². The Kier molecular flexibility index (Phi) is 5.32. The van der Waals surface area contributed by atoms with E-state index in [1.54, 1.807) is 24.3 Å². The van der Waals surface area contributed by atoms with E-state index in [1.165, 1.54) is 0 Å². The average Bonchev–Trinajstić information content (AvgIpc) is 2.61. The number of para-hydroxylation sites is 2. The molecule has 0 spiro atoms. The number of hydrogen-bond acceptors (Lipinski definition) is 5. The van der Waals surface area contributed by atoms with Gasteiger partial charge in [-0.25, -0.2) is 18.4 Å². The molecule has 0 fully saturated rings. The number of nitrogens with one attached hydrogen (secondary N) is 1. The van der Waals surface area contributed by atoms with Gasteiger partial charge in [0.05, 0.1) is 22.5 Å². The largest absolute Gasteiger partial charge is 0.475 e. The van der Waals surface area contributed by atoms with Gasteiger partial charge in [-0.3, -0.25) is 4.72 Å². The number of aromatic nitrogens is 2. The van der Waals surface area contributed by atoms with Crippen LogP contribution in [0.3, 0.4) is 0 Å². The normalized spacial score (nSPS) is 11.7. The first-order chi connectivity index (χ1) is 12.8. The van der Waals surface area contributed by atoms with Crippen LogP contribution in [0.5, 0.6) is 5.88 Å². The number of hydrogen-bond donors (Lipinski definition) is 1. The highest BCUT2D eigenvalue weighted by molar-refractivity contribution is 7.92. The van der Waals surface area contributed by atoms with Crippen LogP contribution in [0, 0.1) is 19.8 Å². The predicted molar refractivity (Wildman–Crippen MR) is 107 cm³/mol. The Labute approximate surface area is 159 Å². The van der Waals surface area contributed by atoms with E-state index in [2.05, 4.69) is 14.7 Å². The van der Waals surface area contributed by atoms with Crippen LogP contribution in [0.2, 0.25) is 0 Å². The van der Waals surface area contributed by atoms with E-state index >= 15 is 0 Å². The smallest absolute Gasteiger partial charge is 0.263 e. The minimum absolute atomic E-state index is 0.0904. The summed E-state index contributed by atoms with van der Waals surface area (Å²) in [6, 6.07) is 12.3. The van der Waals surface area contributed by atoms with Gasteiger partial charge in [0, 0.05) is 0 Å². The fraction of sp³-hybridized carbons (Fsp3) is 0.300. The Morgan fingerprint density at radius 2 is 1.67 bits per heavy atom. The molecule has 0 atom stereocenters. The SMILES string of the molecule is Cc1ccc(S(=O)(=O)Nc2nc3ccccc3nc2OCC(C)C)cc1C. The van der Waals surface area contributed by atoms with E-state index in [0.717, 1.165) is 11.1 Å². The van der Waals surface area contributed by atoms with E-state index in [9.17, 15) is 8.42 Å². The summed E-state index contributed by atoms with van der Waals surface area (Å²) in [7, 11) is -3.81. The van der Waals surface area contributed by atoms with Crippen LogP contribution in [0.25, 0.3) is 11.0 Å². The molecule has 0 bridgehead atoms. The number of benzene rings is 2. The van der Waals surface area contributed by atoms with Gasteiger partial charge in [-0.1, -0.05) is 32.0 Å². The first-order valence-corrected chi connectivity index (χ1v) is 10.2. The lowest BCUT2D eigenvalue weighted by Gasteiger charge is -2.14. The molecule has 27 heavy (non-hydrogen) atoms. The van der Waals surface area contributed by atoms with Gasteiger partial charge in [0.2, 0.25) is 5.82 Å². The Balaban J connectivity index is 2.03. The molecular formula is C20H23N3O3S. The van der Waals surface area contributed by atoms with Crippen LogP contribution >= 0.6 is 0 Å². The topological polar surface area (TPSA) is 81.2 Å². The molecule has 0 radical (unpaired) electrons. The monoisotopic (exact) mass is 385 g/mol. The third-order valence-corrected chi connectivity index (χ3v) is 5.45. The molecule has 142 valence electrons. The van der Waals surface area contributed by atoms with Crippen LogP contribution in [0.15, 0.2) is 47.4 Å². The molecule has 0 saturated carbocycles. The first-order valence-electron chi connectivity index (χ1n) is 8.76. The van der Waals surface area contributed by atoms with Crippen LogP contribution in [-0.4, -0.2) is 25.0 Å². The van der Waals surface area contributed by atoms with Gasteiger partial charge in [0.25, 0.3) is 15.9 Å². The molecule has 0 unspecified atom stereocenters. The minimum atomic E-state index is -3.81. The lowest BCUT2D eigenvalue weighted by Crippen LogP contribution is -2.17. The van der Waals surface area contributed by atoms with E-state index in [0.29, 0.717) is 17.6 Å². The van der Waals surface area contributed by atoms with E-state index in [4.69, 9.17) is 4.74 Å². The van der Waals surface area contributed by atoms with Crippen molar-refractivity contribution in [1.82, 2.24) is 9.97 Å². The second kappa shape index (κ2) is 7.52.